The van der Waals surface area contributed by atoms with Crippen LogP contribution in [-0.4, -0.2) is 36.0 Å². The summed E-state index contributed by atoms with van der Waals surface area (Å²) in [5.74, 6) is 0.662. The quantitative estimate of drug-likeness (QED) is 0.270. The summed E-state index contributed by atoms with van der Waals surface area (Å²) in [6, 6.07) is 6.32. The van der Waals surface area contributed by atoms with Crippen LogP contribution >= 0.6 is 72.4 Å². The molecule has 3 aromatic rings. The minimum Gasteiger partial charge on any atom is -0.506 e. The van der Waals surface area contributed by atoms with Gasteiger partial charge in [-0.25, -0.2) is 9.79 Å². The number of methoxy groups -OCH3 is 1. The van der Waals surface area contributed by atoms with Crippen molar-refractivity contribution in [2.24, 2.45) is 4.99 Å². The number of carbonyl (C=O) groups is 1. The molecule has 0 saturated heterocycles. The summed E-state index contributed by atoms with van der Waals surface area (Å²) in [5.41, 5.74) is 1.83. The Bertz CT molecular complexity index is 1620. The molecule has 38 heavy (non-hydrogen) atoms. The van der Waals surface area contributed by atoms with Crippen LogP contribution in [-0.2, 0) is 9.53 Å². The monoisotopic (exact) mass is 824 g/mol. The van der Waals surface area contributed by atoms with Gasteiger partial charge in [-0.2, -0.15) is 0 Å². The standard InChI is InChI=1S/C26H23BrI2N2O6S/c1-5-36-19-11-15(27)14(10-18(19)35-4)22-21(25(34)37-6-2)12(3)30-26-31(22)24(33)20(38-26)9-13-7-16(28)23(32)17(29)8-13/h7-11,22,32H,5-6H2,1-4H3/b20-9+/t22-/m1/s1. The number of carbonyl (C=O) groups excluding carboxylic acids is 1. The second kappa shape index (κ2) is 12.1. The molecule has 2 aromatic carbocycles. The summed E-state index contributed by atoms with van der Waals surface area (Å²) in [6.07, 6.45) is 1.77. The van der Waals surface area contributed by atoms with Gasteiger partial charge in [-0.1, -0.05) is 27.3 Å². The smallest absolute Gasteiger partial charge is 0.338 e. The van der Waals surface area contributed by atoms with Crippen LogP contribution in [0.2, 0.25) is 0 Å². The predicted octanol–water partition coefficient (Wildman–Crippen LogP) is 4.88. The third kappa shape index (κ3) is 5.54. The minimum atomic E-state index is -0.813. The average molecular weight is 825 g/mol. The maximum Gasteiger partial charge on any atom is 0.338 e. The van der Waals surface area contributed by atoms with E-state index in [1.807, 2.05) is 6.92 Å². The van der Waals surface area contributed by atoms with Crippen molar-refractivity contribution in [2.75, 3.05) is 20.3 Å². The number of benzene rings is 2. The molecule has 8 nitrogen and oxygen atoms in total. The Labute approximate surface area is 258 Å². The highest BCUT2D eigenvalue weighted by Crippen LogP contribution is 2.41. The van der Waals surface area contributed by atoms with Gasteiger partial charge in [-0.3, -0.25) is 9.36 Å². The van der Waals surface area contributed by atoms with Crippen LogP contribution in [0.25, 0.3) is 6.08 Å². The van der Waals surface area contributed by atoms with Crippen LogP contribution in [0.1, 0.15) is 37.9 Å². The maximum atomic E-state index is 13.9. The molecule has 0 bridgehead atoms. The van der Waals surface area contributed by atoms with E-state index in [4.69, 9.17) is 14.2 Å². The minimum absolute atomic E-state index is 0.179. The lowest BCUT2D eigenvalue weighted by molar-refractivity contribution is -0.139. The van der Waals surface area contributed by atoms with Crippen LogP contribution in [0, 0.1) is 7.14 Å². The van der Waals surface area contributed by atoms with Gasteiger partial charge in [-0.05, 0) is 107 Å². The Morgan fingerprint density at radius 2 is 1.87 bits per heavy atom. The van der Waals surface area contributed by atoms with E-state index in [9.17, 15) is 14.7 Å². The molecule has 1 aliphatic heterocycles. The zero-order chi connectivity index (χ0) is 27.7. The molecule has 1 aliphatic rings. The summed E-state index contributed by atoms with van der Waals surface area (Å²) in [5, 5.41) is 10.1. The Kier molecular flexibility index (Phi) is 9.25. The van der Waals surface area contributed by atoms with Gasteiger partial charge in [0.1, 0.15) is 5.75 Å². The van der Waals surface area contributed by atoms with Crippen LogP contribution in [0.4, 0.5) is 0 Å². The van der Waals surface area contributed by atoms with Crippen molar-refractivity contribution >= 4 is 84.5 Å². The molecule has 2 heterocycles. The second-order valence-electron chi connectivity index (χ2n) is 8.09. The summed E-state index contributed by atoms with van der Waals surface area (Å²) in [7, 11) is 1.54. The number of aromatic hydroxyl groups is 1. The van der Waals surface area contributed by atoms with Crippen LogP contribution in [0.5, 0.6) is 17.2 Å². The van der Waals surface area contributed by atoms with Crippen LogP contribution in [0.15, 0.2) is 49.8 Å². The molecule has 12 heteroatoms. The van der Waals surface area contributed by atoms with E-state index in [1.165, 1.54) is 23.0 Å². The van der Waals surface area contributed by atoms with Crippen LogP contribution < -0.4 is 24.4 Å². The van der Waals surface area contributed by atoms with Gasteiger partial charge in [0.15, 0.2) is 16.3 Å². The molecule has 0 spiro atoms. The van der Waals surface area contributed by atoms with Gasteiger partial charge in [-0.15, -0.1) is 0 Å². The molecule has 1 atom stereocenters. The van der Waals surface area contributed by atoms with Gasteiger partial charge >= 0.3 is 5.97 Å². The Hall–Kier alpha value is -1.91. The molecule has 200 valence electrons. The summed E-state index contributed by atoms with van der Waals surface area (Å²) < 4.78 is 20.6. The van der Waals surface area contributed by atoms with Crippen molar-refractivity contribution in [2.45, 2.75) is 26.8 Å². The fourth-order valence-corrected chi connectivity index (χ4v) is 7.50. The van der Waals surface area contributed by atoms with E-state index in [2.05, 4.69) is 66.1 Å². The highest BCUT2D eigenvalue weighted by atomic mass is 127. The van der Waals surface area contributed by atoms with E-state index in [0.29, 0.717) is 50.3 Å². The molecule has 1 aromatic heterocycles. The highest BCUT2D eigenvalue weighted by Gasteiger charge is 2.35. The normalized spacial score (nSPS) is 15.2. The van der Waals surface area contributed by atoms with Crippen LogP contribution in [0.3, 0.4) is 0 Å². The fourth-order valence-electron chi connectivity index (χ4n) is 4.09. The molecule has 0 saturated carbocycles. The molecular weight excluding hydrogens is 802 g/mol. The first kappa shape index (κ1) is 29.1. The third-order valence-corrected chi connectivity index (χ3v) is 9.05. The van der Waals surface area contributed by atoms with Gasteiger partial charge in [0.2, 0.25) is 0 Å². The van der Waals surface area contributed by atoms with E-state index >= 15 is 0 Å². The van der Waals surface area contributed by atoms with Crippen molar-refractivity contribution in [3.8, 4) is 17.2 Å². The molecule has 0 radical (unpaired) electrons. The first-order chi connectivity index (χ1) is 18.1. The lowest BCUT2D eigenvalue weighted by atomic mass is 9.95. The van der Waals surface area contributed by atoms with E-state index in [-0.39, 0.29) is 23.5 Å². The number of ether oxygens (including phenoxy) is 3. The molecule has 1 N–H and O–H groups in total. The number of hydrogen-bond acceptors (Lipinski definition) is 8. The summed E-state index contributed by atoms with van der Waals surface area (Å²) in [6.45, 7) is 5.97. The number of hydrogen-bond donors (Lipinski definition) is 1. The number of esters is 1. The molecular formula is C26H23BrI2N2O6S. The molecule has 0 aliphatic carbocycles. The molecule has 0 fully saturated rings. The van der Waals surface area contributed by atoms with Crippen molar-refractivity contribution in [1.82, 2.24) is 4.57 Å². The van der Waals surface area contributed by atoms with E-state index in [1.54, 1.807) is 44.2 Å². The number of halogens is 3. The van der Waals surface area contributed by atoms with Gasteiger partial charge in [0.05, 0.1) is 49.3 Å². The number of nitrogens with zero attached hydrogens (tertiary/aromatic N) is 2. The zero-order valence-electron chi connectivity index (χ0n) is 20.8. The predicted molar refractivity (Wildman–Crippen MR) is 166 cm³/mol. The lowest BCUT2D eigenvalue weighted by Gasteiger charge is -2.26. The largest absolute Gasteiger partial charge is 0.506 e. The van der Waals surface area contributed by atoms with Gasteiger partial charge in [0.25, 0.3) is 5.56 Å². The summed E-state index contributed by atoms with van der Waals surface area (Å²) >= 11 is 8.97. The first-order valence-corrected chi connectivity index (χ1v) is 15.3. The number of phenolic OH excluding ortho intramolecular Hbond substituents is 1. The van der Waals surface area contributed by atoms with Crippen molar-refractivity contribution in [3.63, 3.8) is 0 Å². The first-order valence-electron chi connectivity index (χ1n) is 11.5. The topological polar surface area (TPSA) is 99.4 Å². The molecule has 4 rings (SSSR count). The maximum absolute atomic E-state index is 13.9. The number of thiazole rings is 1. The number of phenols is 1. The van der Waals surface area contributed by atoms with Crippen molar-refractivity contribution in [3.05, 3.63) is 78.0 Å². The van der Waals surface area contributed by atoms with E-state index < -0.39 is 12.0 Å². The summed E-state index contributed by atoms with van der Waals surface area (Å²) in [4.78, 5) is 32.2. The fraction of sp³-hybridized carbons (Fsp3) is 0.269. The third-order valence-electron chi connectivity index (χ3n) is 5.73. The average Bonchev–Trinajstić information content (AvgIpc) is 3.16. The molecule has 0 unspecified atom stereocenters. The SMILES string of the molecule is CCOC(=O)C1=C(C)N=c2s/c(=C/c3cc(I)c(O)c(I)c3)c(=O)n2[C@@H]1c1cc(OC)c(OCC)cc1Br. The number of allylic oxidation sites excluding steroid dienone is 1. The number of fused-ring (bicyclic) bond motifs is 1. The van der Waals surface area contributed by atoms with Crippen molar-refractivity contribution in [1.29, 1.82) is 0 Å². The second-order valence-corrected chi connectivity index (χ2v) is 12.3. The van der Waals surface area contributed by atoms with Gasteiger partial charge < -0.3 is 19.3 Å². The van der Waals surface area contributed by atoms with E-state index in [0.717, 1.165) is 5.56 Å². The zero-order valence-corrected chi connectivity index (χ0v) is 27.5. The lowest BCUT2D eigenvalue weighted by Crippen LogP contribution is -2.40. The Morgan fingerprint density at radius 1 is 1.18 bits per heavy atom. The highest BCUT2D eigenvalue weighted by molar-refractivity contribution is 14.1. The van der Waals surface area contributed by atoms with Gasteiger partial charge in [0, 0.05) is 4.47 Å². The Balaban J connectivity index is 2.00. The molecule has 0 amide bonds. The number of aromatic nitrogens is 1. The number of rotatable bonds is 7. The van der Waals surface area contributed by atoms with Crippen molar-refractivity contribution < 1.29 is 24.1 Å². The Morgan fingerprint density at radius 3 is 2.47 bits per heavy atom.